The first-order chi connectivity index (χ1) is 9.15. The van der Waals surface area contributed by atoms with Gasteiger partial charge in [0.15, 0.2) is 0 Å². The number of aromatic nitrogens is 2. The molecule has 0 fully saturated rings. The molecule has 0 aliphatic carbocycles. The molecule has 3 aromatic rings. The van der Waals surface area contributed by atoms with Crippen LogP contribution in [0.3, 0.4) is 0 Å². The minimum absolute atomic E-state index is 0.0384. The third-order valence-corrected chi connectivity index (χ3v) is 3.12. The average molecular weight is 252 g/mol. The van der Waals surface area contributed by atoms with Crippen molar-refractivity contribution in [1.82, 2.24) is 9.97 Å². The average Bonchev–Trinajstić information content (AvgIpc) is 2.37. The van der Waals surface area contributed by atoms with Crippen molar-refractivity contribution in [1.29, 1.82) is 0 Å². The smallest absolute Gasteiger partial charge is 0.307 e. The summed E-state index contributed by atoms with van der Waals surface area (Å²) >= 11 is 0. The Bertz CT molecular complexity index is 797. The van der Waals surface area contributed by atoms with E-state index in [1.54, 1.807) is 6.07 Å². The van der Waals surface area contributed by atoms with Gasteiger partial charge in [-0.1, -0.05) is 24.3 Å². The zero-order chi connectivity index (χ0) is 13.4. The molecular weight excluding hydrogens is 240 g/mol. The minimum atomic E-state index is -0.862. The molecule has 0 radical (unpaired) electrons. The summed E-state index contributed by atoms with van der Waals surface area (Å²) in [4.78, 5) is 20.0. The number of aliphatic carboxylic acids is 1. The van der Waals surface area contributed by atoms with Crippen LogP contribution < -0.4 is 0 Å². The molecule has 0 saturated heterocycles. The van der Waals surface area contributed by atoms with Gasteiger partial charge in [0.05, 0.1) is 28.5 Å². The van der Waals surface area contributed by atoms with E-state index in [4.69, 9.17) is 5.11 Å². The van der Waals surface area contributed by atoms with Crippen molar-refractivity contribution in [3.05, 3.63) is 47.5 Å². The second kappa shape index (κ2) is 4.31. The number of carboxylic acids is 1. The van der Waals surface area contributed by atoms with E-state index < -0.39 is 5.97 Å². The van der Waals surface area contributed by atoms with Crippen LogP contribution in [0.5, 0.6) is 0 Å². The summed E-state index contributed by atoms with van der Waals surface area (Å²) in [7, 11) is 0. The van der Waals surface area contributed by atoms with Gasteiger partial charge in [0, 0.05) is 0 Å². The SMILES string of the molecule is Cc1cccc2nc3c(CC(=O)O)cccc3nc12. The summed E-state index contributed by atoms with van der Waals surface area (Å²) in [5.74, 6) is -0.862. The molecule has 2 aromatic carbocycles. The zero-order valence-corrected chi connectivity index (χ0v) is 10.4. The van der Waals surface area contributed by atoms with Crippen molar-refractivity contribution >= 4 is 28.0 Å². The lowest BCUT2D eigenvalue weighted by Crippen LogP contribution is -2.02. The number of nitrogens with zero attached hydrogens (tertiary/aromatic N) is 2. The quantitative estimate of drug-likeness (QED) is 0.712. The number of benzene rings is 2. The Balaban J connectivity index is 2.35. The van der Waals surface area contributed by atoms with Gasteiger partial charge in [-0.15, -0.1) is 0 Å². The predicted molar refractivity (Wildman–Crippen MR) is 73.1 cm³/mol. The largest absolute Gasteiger partial charge is 0.481 e. The molecule has 94 valence electrons. The highest BCUT2D eigenvalue weighted by Crippen LogP contribution is 2.21. The Labute approximate surface area is 109 Å². The number of hydrogen-bond donors (Lipinski definition) is 1. The molecule has 0 bridgehead atoms. The monoisotopic (exact) mass is 252 g/mol. The molecular formula is C15H12N2O2. The lowest BCUT2D eigenvalue weighted by Gasteiger charge is -2.06. The van der Waals surface area contributed by atoms with Gasteiger partial charge in [-0.25, -0.2) is 9.97 Å². The van der Waals surface area contributed by atoms with Crippen LogP contribution in [0.15, 0.2) is 36.4 Å². The van der Waals surface area contributed by atoms with Crippen molar-refractivity contribution in [3.8, 4) is 0 Å². The number of fused-ring (bicyclic) bond motifs is 2. The molecule has 1 N–H and O–H groups in total. The molecule has 19 heavy (non-hydrogen) atoms. The van der Waals surface area contributed by atoms with Crippen LogP contribution in [0.4, 0.5) is 0 Å². The van der Waals surface area contributed by atoms with Crippen LogP contribution in [-0.2, 0) is 11.2 Å². The highest BCUT2D eigenvalue weighted by atomic mass is 16.4. The number of carboxylic acid groups (broad SMARTS) is 1. The number of rotatable bonds is 2. The standard InChI is InChI=1S/C15H12N2O2/c1-9-4-2-6-11-14(9)16-12-7-3-5-10(8-13(18)19)15(12)17-11/h2-7H,8H2,1H3,(H,18,19). The molecule has 0 saturated carbocycles. The van der Waals surface area contributed by atoms with Crippen molar-refractivity contribution < 1.29 is 9.90 Å². The van der Waals surface area contributed by atoms with Gasteiger partial charge in [0.1, 0.15) is 0 Å². The second-order valence-corrected chi connectivity index (χ2v) is 4.52. The van der Waals surface area contributed by atoms with Gasteiger partial charge in [-0.2, -0.15) is 0 Å². The van der Waals surface area contributed by atoms with E-state index in [1.165, 1.54) is 0 Å². The number of aryl methyl sites for hydroxylation is 1. The molecule has 4 nitrogen and oxygen atoms in total. The fourth-order valence-corrected chi connectivity index (χ4v) is 2.22. The van der Waals surface area contributed by atoms with Gasteiger partial charge in [-0.05, 0) is 30.2 Å². The molecule has 4 heteroatoms. The van der Waals surface area contributed by atoms with Crippen LogP contribution in [0, 0.1) is 6.92 Å². The number of para-hydroxylation sites is 2. The third kappa shape index (κ3) is 2.01. The van der Waals surface area contributed by atoms with Crippen LogP contribution >= 0.6 is 0 Å². The summed E-state index contributed by atoms with van der Waals surface area (Å²) in [5, 5.41) is 8.94. The van der Waals surface area contributed by atoms with E-state index in [2.05, 4.69) is 9.97 Å². The fourth-order valence-electron chi connectivity index (χ4n) is 2.22. The van der Waals surface area contributed by atoms with Crippen molar-refractivity contribution in [3.63, 3.8) is 0 Å². The first-order valence-electron chi connectivity index (χ1n) is 6.02. The molecule has 0 unspecified atom stereocenters. The Hall–Kier alpha value is -2.49. The van der Waals surface area contributed by atoms with E-state index >= 15 is 0 Å². The normalized spacial score (nSPS) is 11.0. The lowest BCUT2D eigenvalue weighted by atomic mass is 10.1. The maximum atomic E-state index is 10.9. The third-order valence-electron chi connectivity index (χ3n) is 3.12. The Morgan fingerprint density at radius 1 is 1.05 bits per heavy atom. The predicted octanol–water partition coefficient (Wildman–Crippen LogP) is 2.72. The van der Waals surface area contributed by atoms with E-state index in [0.29, 0.717) is 11.1 Å². The molecule has 0 aliphatic heterocycles. The highest BCUT2D eigenvalue weighted by molar-refractivity contribution is 5.90. The topological polar surface area (TPSA) is 63.1 Å². The molecule has 0 spiro atoms. The lowest BCUT2D eigenvalue weighted by molar-refractivity contribution is -0.136. The van der Waals surface area contributed by atoms with Crippen LogP contribution in [-0.4, -0.2) is 21.0 Å². The summed E-state index contributed by atoms with van der Waals surface area (Å²) in [6.45, 7) is 1.99. The fraction of sp³-hybridized carbons (Fsp3) is 0.133. The summed E-state index contributed by atoms with van der Waals surface area (Å²) in [6.07, 6.45) is -0.0384. The van der Waals surface area contributed by atoms with E-state index in [0.717, 1.165) is 22.1 Å². The molecule has 0 amide bonds. The molecule has 0 aliphatic rings. The van der Waals surface area contributed by atoms with Gasteiger partial charge < -0.3 is 5.11 Å². The van der Waals surface area contributed by atoms with E-state index in [1.807, 2.05) is 37.3 Å². The maximum Gasteiger partial charge on any atom is 0.307 e. The van der Waals surface area contributed by atoms with Gasteiger partial charge in [0.25, 0.3) is 0 Å². The number of carbonyl (C=O) groups is 1. The van der Waals surface area contributed by atoms with Gasteiger partial charge >= 0.3 is 5.97 Å². The van der Waals surface area contributed by atoms with E-state index in [-0.39, 0.29) is 6.42 Å². The van der Waals surface area contributed by atoms with Crippen molar-refractivity contribution in [2.45, 2.75) is 13.3 Å². The molecule has 3 rings (SSSR count). The summed E-state index contributed by atoms with van der Waals surface area (Å²) < 4.78 is 0. The Morgan fingerprint density at radius 3 is 2.42 bits per heavy atom. The molecule has 1 heterocycles. The van der Waals surface area contributed by atoms with Gasteiger partial charge in [0.2, 0.25) is 0 Å². The summed E-state index contributed by atoms with van der Waals surface area (Å²) in [5.41, 5.74) is 4.83. The van der Waals surface area contributed by atoms with Gasteiger partial charge in [-0.3, -0.25) is 4.79 Å². The van der Waals surface area contributed by atoms with Crippen LogP contribution in [0.2, 0.25) is 0 Å². The first kappa shape index (κ1) is 11.6. The Morgan fingerprint density at radius 2 is 1.68 bits per heavy atom. The van der Waals surface area contributed by atoms with Crippen molar-refractivity contribution in [2.24, 2.45) is 0 Å². The minimum Gasteiger partial charge on any atom is -0.481 e. The number of hydrogen-bond acceptors (Lipinski definition) is 3. The summed E-state index contributed by atoms with van der Waals surface area (Å²) in [6, 6.07) is 11.3. The van der Waals surface area contributed by atoms with E-state index in [9.17, 15) is 4.79 Å². The second-order valence-electron chi connectivity index (χ2n) is 4.52. The maximum absolute atomic E-state index is 10.9. The zero-order valence-electron chi connectivity index (χ0n) is 10.4. The molecule has 1 aromatic heterocycles. The van der Waals surface area contributed by atoms with Crippen molar-refractivity contribution in [2.75, 3.05) is 0 Å². The highest BCUT2D eigenvalue weighted by Gasteiger charge is 2.09. The first-order valence-corrected chi connectivity index (χ1v) is 6.02. The molecule has 0 atom stereocenters. The van der Waals surface area contributed by atoms with Crippen LogP contribution in [0.1, 0.15) is 11.1 Å². The van der Waals surface area contributed by atoms with Crippen LogP contribution in [0.25, 0.3) is 22.1 Å². The Kier molecular flexibility index (Phi) is 2.63.